The SMILES string of the molecule is C=CCN(c1ccc(C=O)c(Br)c1)C(C)(C)C. The van der Waals surface area contributed by atoms with Crippen molar-refractivity contribution in [1.82, 2.24) is 0 Å². The second-order valence-electron chi connectivity index (χ2n) is 4.89. The van der Waals surface area contributed by atoms with Crippen LogP contribution in [0.25, 0.3) is 0 Å². The summed E-state index contributed by atoms with van der Waals surface area (Å²) in [5.41, 5.74) is 1.76. The monoisotopic (exact) mass is 295 g/mol. The Morgan fingerprint density at radius 1 is 1.41 bits per heavy atom. The molecule has 0 N–H and O–H groups in total. The first-order valence-electron chi connectivity index (χ1n) is 5.53. The van der Waals surface area contributed by atoms with E-state index in [-0.39, 0.29) is 5.54 Å². The van der Waals surface area contributed by atoms with E-state index in [0.717, 1.165) is 23.0 Å². The average molecular weight is 296 g/mol. The van der Waals surface area contributed by atoms with Crippen LogP contribution in [-0.4, -0.2) is 18.4 Å². The Bertz CT molecular complexity index is 421. The van der Waals surface area contributed by atoms with Gasteiger partial charge in [0.25, 0.3) is 0 Å². The van der Waals surface area contributed by atoms with E-state index in [1.54, 1.807) is 0 Å². The number of anilines is 1. The van der Waals surface area contributed by atoms with Crippen molar-refractivity contribution in [1.29, 1.82) is 0 Å². The first kappa shape index (κ1) is 14.0. The lowest BCUT2D eigenvalue weighted by atomic mass is 10.0. The van der Waals surface area contributed by atoms with E-state index in [1.165, 1.54) is 0 Å². The highest BCUT2D eigenvalue weighted by atomic mass is 79.9. The predicted octanol–water partition coefficient (Wildman–Crippen LogP) is 4.05. The highest BCUT2D eigenvalue weighted by Crippen LogP contribution is 2.28. The number of rotatable bonds is 4. The second-order valence-corrected chi connectivity index (χ2v) is 5.75. The number of hydrogen-bond donors (Lipinski definition) is 0. The summed E-state index contributed by atoms with van der Waals surface area (Å²) in [7, 11) is 0. The zero-order valence-corrected chi connectivity index (χ0v) is 12.1. The molecule has 0 radical (unpaired) electrons. The Morgan fingerprint density at radius 2 is 2.06 bits per heavy atom. The van der Waals surface area contributed by atoms with Crippen LogP contribution in [0.15, 0.2) is 35.3 Å². The van der Waals surface area contributed by atoms with Crippen LogP contribution in [0.4, 0.5) is 5.69 Å². The molecular formula is C14H18BrNO. The van der Waals surface area contributed by atoms with Crippen LogP contribution >= 0.6 is 15.9 Å². The van der Waals surface area contributed by atoms with Crippen LogP contribution in [-0.2, 0) is 0 Å². The van der Waals surface area contributed by atoms with E-state index in [2.05, 4.69) is 48.2 Å². The molecule has 3 heteroatoms. The van der Waals surface area contributed by atoms with Gasteiger partial charge in [0.05, 0.1) is 0 Å². The number of benzene rings is 1. The highest BCUT2D eigenvalue weighted by Gasteiger charge is 2.20. The maximum Gasteiger partial charge on any atom is 0.151 e. The molecular weight excluding hydrogens is 278 g/mol. The molecule has 0 aromatic heterocycles. The van der Waals surface area contributed by atoms with Crippen LogP contribution in [0.3, 0.4) is 0 Å². The van der Waals surface area contributed by atoms with Gasteiger partial charge in [0.2, 0.25) is 0 Å². The minimum Gasteiger partial charge on any atom is -0.363 e. The van der Waals surface area contributed by atoms with Gasteiger partial charge in [-0.3, -0.25) is 4.79 Å². The molecule has 0 atom stereocenters. The molecule has 92 valence electrons. The fraction of sp³-hybridized carbons (Fsp3) is 0.357. The van der Waals surface area contributed by atoms with Crippen molar-refractivity contribution in [3.63, 3.8) is 0 Å². The summed E-state index contributed by atoms with van der Waals surface area (Å²) in [6.45, 7) is 11.0. The van der Waals surface area contributed by atoms with Crippen molar-refractivity contribution in [2.75, 3.05) is 11.4 Å². The smallest absolute Gasteiger partial charge is 0.151 e. The van der Waals surface area contributed by atoms with E-state index in [4.69, 9.17) is 0 Å². The van der Waals surface area contributed by atoms with Crippen LogP contribution in [0.5, 0.6) is 0 Å². The highest BCUT2D eigenvalue weighted by molar-refractivity contribution is 9.10. The van der Waals surface area contributed by atoms with E-state index in [1.807, 2.05) is 24.3 Å². The summed E-state index contributed by atoms with van der Waals surface area (Å²) in [5, 5.41) is 0. The van der Waals surface area contributed by atoms with Gasteiger partial charge in [0.15, 0.2) is 6.29 Å². The Kier molecular flexibility index (Phi) is 4.52. The van der Waals surface area contributed by atoms with Crippen molar-refractivity contribution in [2.24, 2.45) is 0 Å². The van der Waals surface area contributed by atoms with Gasteiger partial charge in [-0.25, -0.2) is 0 Å². The quantitative estimate of drug-likeness (QED) is 0.617. The van der Waals surface area contributed by atoms with Gasteiger partial charge < -0.3 is 4.90 Å². The molecule has 0 aliphatic rings. The molecule has 0 fully saturated rings. The summed E-state index contributed by atoms with van der Waals surface area (Å²) in [6, 6.07) is 5.76. The fourth-order valence-electron chi connectivity index (χ4n) is 1.68. The van der Waals surface area contributed by atoms with Gasteiger partial charge in [-0.05, 0) is 54.9 Å². The molecule has 0 aliphatic carbocycles. The van der Waals surface area contributed by atoms with Crippen molar-refractivity contribution in [3.8, 4) is 0 Å². The van der Waals surface area contributed by atoms with Crippen LogP contribution in [0.1, 0.15) is 31.1 Å². The maximum absolute atomic E-state index is 10.8. The largest absolute Gasteiger partial charge is 0.363 e. The molecule has 1 aromatic rings. The molecule has 0 spiro atoms. The van der Waals surface area contributed by atoms with Gasteiger partial charge in [-0.1, -0.05) is 6.08 Å². The molecule has 17 heavy (non-hydrogen) atoms. The number of carbonyl (C=O) groups is 1. The zero-order valence-electron chi connectivity index (χ0n) is 10.5. The number of hydrogen-bond acceptors (Lipinski definition) is 2. The Balaban J connectivity index is 3.15. The van der Waals surface area contributed by atoms with Crippen molar-refractivity contribution < 1.29 is 4.79 Å². The van der Waals surface area contributed by atoms with Gasteiger partial charge in [0.1, 0.15) is 0 Å². The second kappa shape index (κ2) is 5.50. The number of nitrogens with zero attached hydrogens (tertiary/aromatic N) is 1. The minimum atomic E-state index is 0.0102. The van der Waals surface area contributed by atoms with Gasteiger partial charge >= 0.3 is 0 Å². The van der Waals surface area contributed by atoms with Crippen molar-refractivity contribution >= 4 is 27.9 Å². The Hall–Kier alpha value is -1.09. The van der Waals surface area contributed by atoms with E-state index in [0.29, 0.717) is 5.56 Å². The fourth-order valence-corrected chi connectivity index (χ4v) is 2.14. The van der Waals surface area contributed by atoms with Crippen molar-refractivity contribution in [3.05, 3.63) is 40.9 Å². The van der Waals surface area contributed by atoms with E-state index < -0.39 is 0 Å². The lowest BCUT2D eigenvalue weighted by Crippen LogP contribution is -2.41. The van der Waals surface area contributed by atoms with Crippen molar-refractivity contribution in [2.45, 2.75) is 26.3 Å². The minimum absolute atomic E-state index is 0.0102. The first-order chi connectivity index (χ1) is 7.90. The molecule has 0 saturated carbocycles. The third-order valence-electron chi connectivity index (χ3n) is 2.54. The van der Waals surface area contributed by atoms with Crippen LogP contribution in [0.2, 0.25) is 0 Å². The lowest BCUT2D eigenvalue weighted by Gasteiger charge is -2.37. The first-order valence-corrected chi connectivity index (χ1v) is 6.32. The Morgan fingerprint density at radius 3 is 2.47 bits per heavy atom. The number of carbonyl (C=O) groups excluding carboxylic acids is 1. The lowest BCUT2D eigenvalue weighted by molar-refractivity contribution is 0.112. The molecule has 0 amide bonds. The van der Waals surface area contributed by atoms with Crippen LogP contribution < -0.4 is 4.90 Å². The molecule has 1 aromatic carbocycles. The summed E-state index contributed by atoms with van der Waals surface area (Å²) < 4.78 is 0.823. The summed E-state index contributed by atoms with van der Waals surface area (Å²) in [4.78, 5) is 13.0. The number of aldehydes is 1. The third-order valence-corrected chi connectivity index (χ3v) is 3.23. The Labute approximate surface area is 111 Å². The normalized spacial score (nSPS) is 11.1. The van der Waals surface area contributed by atoms with Gasteiger partial charge in [-0.2, -0.15) is 0 Å². The van der Waals surface area contributed by atoms with Gasteiger partial charge in [0, 0.05) is 27.8 Å². The molecule has 2 nitrogen and oxygen atoms in total. The standard InChI is InChI=1S/C14H18BrNO/c1-5-8-16(14(2,3)4)12-7-6-11(10-17)13(15)9-12/h5-7,9-10H,1,8H2,2-4H3. The topological polar surface area (TPSA) is 20.3 Å². The molecule has 0 unspecified atom stereocenters. The van der Waals surface area contributed by atoms with E-state index >= 15 is 0 Å². The summed E-state index contributed by atoms with van der Waals surface area (Å²) in [6.07, 6.45) is 2.73. The molecule has 0 bridgehead atoms. The molecule has 0 saturated heterocycles. The van der Waals surface area contributed by atoms with Gasteiger partial charge in [-0.15, -0.1) is 6.58 Å². The summed E-state index contributed by atoms with van der Waals surface area (Å²) >= 11 is 3.41. The zero-order chi connectivity index (χ0) is 13.1. The average Bonchev–Trinajstić information content (AvgIpc) is 2.24. The molecule has 1 rings (SSSR count). The van der Waals surface area contributed by atoms with E-state index in [9.17, 15) is 4.79 Å². The van der Waals surface area contributed by atoms with Crippen LogP contribution in [0, 0.1) is 0 Å². The molecule has 0 heterocycles. The third kappa shape index (κ3) is 3.43. The predicted molar refractivity (Wildman–Crippen MR) is 76.8 cm³/mol. The molecule has 0 aliphatic heterocycles. The maximum atomic E-state index is 10.8. The number of halogens is 1. The summed E-state index contributed by atoms with van der Waals surface area (Å²) in [5.74, 6) is 0.